The highest BCUT2D eigenvalue weighted by Gasteiger charge is 2.12. The molecule has 0 radical (unpaired) electrons. The smallest absolute Gasteiger partial charge is 0.269 e. The van der Waals surface area contributed by atoms with Gasteiger partial charge in [0.15, 0.2) is 0 Å². The van der Waals surface area contributed by atoms with Gasteiger partial charge in [-0.15, -0.1) is 0 Å². The molecule has 2 N–H and O–H groups in total. The molecule has 1 rings (SSSR count). The first kappa shape index (κ1) is 16.5. The molecule has 0 aliphatic rings. The van der Waals surface area contributed by atoms with E-state index in [1.807, 2.05) is 6.92 Å². The summed E-state index contributed by atoms with van der Waals surface area (Å²) in [5.41, 5.74) is 0.465. The fraction of sp³-hybridized carbons (Fsp3) is 0.500. The van der Waals surface area contributed by atoms with Gasteiger partial charge in [0.25, 0.3) is 5.69 Å². The number of hydrogen-bond acceptors (Lipinski definition) is 5. The monoisotopic (exact) mass is 301 g/mol. The van der Waals surface area contributed by atoms with Crippen molar-refractivity contribution in [3.63, 3.8) is 0 Å². The zero-order valence-corrected chi connectivity index (χ0v) is 12.1. The van der Waals surface area contributed by atoms with E-state index in [0.717, 1.165) is 13.0 Å². The number of non-ortho nitro benzene ring substituents is 1. The maximum absolute atomic E-state index is 11.8. The number of nitro benzene ring substituents is 1. The van der Waals surface area contributed by atoms with Crippen molar-refractivity contribution in [2.24, 2.45) is 0 Å². The molecule has 0 aliphatic heterocycles. The van der Waals surface area contributed by atoms with Gasteiger partial charge in [0.1, 0.15) is 0 Å². The number of nitrogens with zero attached hydrogens (tertiary/aromatic N) is 1. The van der Waals surface area contributed by atoms with Crippen molar-refractivity contribution in [3.05, 3.63) is 39.9 Å². The van der Waals surface area contributed by atoms with Crippen LogP contribution in [0.25, 0.3) is 0 Å². The summed E-state index contributed by atoms with van der Waals surface area (Å²) in [6.45, 7) is 3.79. The highest BCUT2D eigenvalue weighted by atomic mass is 32.2. The Hall–Kier alpha value is -1.51. The van der Waals surface area contributed by atoms with E-state index in [9.17, 15) is 18.5 Å². The lowest BCUT2D eigenvalue weighted by atomic mass is 10.2. The standard InChI is InChI=1S/C12H19N3O4S/c1-2-7-13-8-9-14-20(18,19)10-11-3-5-12(6-4-11)15(16)17/h3-6,13-14H,2,7-10H2,1H3. The fourth-order valence-electron chi connectivity index (χ4n) is 1.58. The van der Waals surface area contributed by atoms with Gasteiger partial charge in [0.05, 0.1) is 10.7 Å². The molecule has 0 atom stereocenters. The van der Waals surface area contributed by atoms with Crippen LogP contribution in [0.1, 0.15) is 18.9 Å². The summed E-state index contributed by atoms with van der Waals surface area (Å²) in [6, 6.07) is 5.50. The minimum atomic E-state index is -3.41. The number of nitrogens with one attached hydrogen (secondary N) is 2. The van der Waals surface area contributed by atoms with Gasteiger partial charge in [-0.1, -0.05) is 19.1 Å². The third kappa shape index (κ3) is 6.09. The molecule has 20 heavy (non-hydrogen) atoms. The Morgan fingerprint density at radius 3 is 2.35 bits per heavy atom. The van der Waals surface area contributed by atoms with Crippen LogP contribution in [-0.2, 0) is 15.8 Å². The molecule has 0 saturated carbocycles. The molecule has 0 aromatic heterocycles. The van der Waals surface area contributed by atoms with E-state index in [1.54, 1.807) is 0 Å². The van der Waals surface area contributed by atoms with Gasteiger partial charge in [-0.2, -0.15) is 0 Å². The van der Waals surface area contributed by atoms with Gasteiger partial charge in [0.2, 0.25) is 10.0 Å². The molecule has 0 saturated heterocycles. The van der Waals surface area contributed by atoms with Gasteiger partial charge in [-0.3, -0.25) is 10.1 Å². The third-order valence-corrected chi connectivity index (χ3v) is 3.91. The van der Waals surface area contributed by atoms with Crippen LogP contribution >= 0.6 is 0 Å². The van der Waals surface area contributed by atoms with E-state index in [0.29, 0.717) is 18.7 Å². The number of rotatable bonds is 9. The van der Waals surface area contributed by atoms with Crippen LogP contribution in [0.2, 0.25) is 0 Å². The number of nitro groups is 1. The average Bonchev–Trinajstić information content (AvgIpc) is 2.38. The Balaban J connectivity index is 2.47. The summed E-state index contributed by atoms with van der Waals surface area (Å²) in [5.74, 6) is -0.182. The maximum Gasteiger partial charge on any atom is 0.269 e. The van der Waals surface area contributed by atoms with Crippen LogP contribution in [0.3, 0.4) is 0 Å². The molecule has 0 spiro atoms. The van der Waals surface area contributed by atoms with Crippen LogP contribution in [-0.4, -0.2) is 33.0 Å². The minimum absolute atomic E-state index is 0.0529. The predicted molar refractivity (Wildman–Crippen MR) is 76.9 cm³/mol. The fourth-order valence-corrected chi connectivity index (χ4v) is 2.73. The number of hydrogen-bond donors (Lipinski definition) is 2. The van der Waals surface area contributed by atoms with E-state index in [2.05, 4.69) is 10.0 Å². The molecule has 1 aromatic rings. The largest absolute Gasteiger partial charge is 0.315 e. The first-order chi connectivity index (χ1) is 9.44. The maximum atomic E-state index is 11.8. The number of sulfonamides is 1. The minimum Gasteiger partial charge on any atom is -0.315 e. The summed E-state index contributed by atoms with van der Waals surface area (Å²) < 4.78 is 26.0. The molecular weight excluding hydrogens is 282 g/mol. The Kier molecular flexibility index (Phi) is 6.56. The van der Waals surface area contributed by atoms with Gasteiger partial charge < -0.3 is 5.32 Å². The van der Waals surface area contributed by atoms with Crippen LogP contribution in [0, 0.1) is 10.1 Å². The second-order valence-electron chi connectivity index (χ2n) is 4.33. The zero-order valence-electron chi connectivity index (χ0n) is 11.3. The van der Waals surface area contributed by atoms with Crippen molar-refractivity contribution in [3.8, 4) is 0 Å². The predicted octanol–water partition coefficient (Wildman–Crippen LogP) is 1.01. The molecule has 0 fully saturated rings. The van der Waals surface area contributed by atoms with Crippen molar-refractivity contribution in [2.75, 3.05) is 19.6 Å². The Morgan fingerprint density at radius 2 is 1.80 bits per heavy atom. The van der Waals surface area contributed by atoms with E-state index in [4.69, 9.17) is 0 Å². The van der Waals surface area contributed by atoms with Gasteiger partial charge >= 0.3 is 0 Å². The van der Waals surface area contributed by atoms with Crippen LogP contribution in [0.15, 0.2) is 24.3 Å². The van der Waals surface area contributed by atoms with Crippen LogP contribution in [0.5, 0.6) is 0 Å². The van der Waals surface area contributed by atoms with Crippen molar-refractivity contribution in [2.45, 2.75) is 19.1 Å². The van der Waals surface area contributed by atoms with Gasteiger partial charge in [-0.25, -0.2) is 13.1 Å². The summed E-state index contributed by atoms with van der Waals surface area (Å²) in [5, 5.41) is 13.6. The molecule has 8 heteroatoms. The Labute approximate surface area is 118 Å². The second-order valence-corrected chi connectivity index (χ2v) is 6.13. The third-order valence-electron chi connectivity index (χ3n) is 2.55. The van der Waals surface area contributed by atoms with Gasteiger partial charge in [0, 0.05) is 25.2 Å². The van der Waals surface area contributed by atoms with E-state index >= 15 is 0 Å². The summed E-state index contributed by atoms with van der Waals surface area (Å²) in [7, 11) is -3.41. The highest BCUT2D eigenvalue weighted by Crippen LogP contribution is 2.13. The van der Waals surface area contributed by atoms with Crippen LogP contribution in [0.4, 0.5) is 5.69 Å². The lowest BCUT2D eigenvalue weighted by Crippen LogP contribution is -2.32. The normalized spacial score (nSPS) is 11.4. The molecule has 0 heterocycles. The molecule has 0 bridgehead atoms. The SMILES string of the molecule is CCCNCCNS(=O)(=O)Cc1ccc([N+](=O)[O-])cc1. The summed E-state index contributed by atoms with van der Waals surface area (Å²) >= 11 is 0. The second kappa shape index (κ2) is 7.93. The van der Waals surface area contributed by atoms with E-state index in [1.165, 1.54) is 24.3 Å². The quantitative estimate of drug-likeness (QED) is 0.403. The van der Waals surface area contributed by atoms with Gasteiger partial charge in [-0.05, 0) is 18.5 Å². The Bertz CT molecular complexity index is 528. The number of benzene rings is 1. The highest BCUT2D eigenvalue weighted by molar-refractivity contribution is 7.88. The molecule has 0 unspecified atom stereocenters. The first-order valence-electron chi connectivity index (χ1n) is 6.36. The van der Waals surface area contributed by atoms with Crippen molar-refractivity contribution in [1.82, 2.24) is 10.0 Å². The zero-order chi connectivity index (χ0) is 15.0. The lowest BCUT2D eigenvalue weighted by molar-refractivity contribution is -0.384. The van der Waals surface area contributed by atoms with E-state index in [-0.39, 0.29) is 11.4 Å². The van der Waals surface area contributed by atoms with Crippen LogP contribution < -0.4 is 10.0 Å². The Morgan fingerprint density at radius 1 is 1.15 bits per heavy atom. The molecular formula is C12H19N3O4S. The molecule has 112 valence electrons. The van der Waals surface area contributed by atoms with E-state index < -0.39 is 14.9 Å². The van der Waals surface area contributed by atoms with Crippen molar-refractivity contribution >= 4 is 15.7 Å². The average molecular weight is 301 g/mol. The first-order valence-corrected chi connectivity index (χ1v) is 8.01. The molecule has 0 amide bonds. The van der Waals surface area contributed by atoms with Crippen molar-refractivity contribution < 1.29 is 13.3 Å². The molecule has 7 nitrogen and oxygen atoms in total. The van der Waals surface area contributed by atoms with Crippen molar-refractivity contribution in [1.29, 1.82) is 0 Å². The summed E-state index contributed by atoms with van der Waals surface area (Å²) in [6.07, 6.45) is 0.996. The molecule has 1 aromatic carbocycles. The topological polar surface area (TPSA) is 101 Å². The molecule has 0 aliphatic carbocycles. The lowest BCUT2D eigenvalue weighted by Gasteiger charge is -2.07. The summed E-state index contributed by atoms with van der Waals surface area (Å²) in [4.78, 5) is 9.98.